The maximum atomic E-state index is 10.9. The first-order chi connectivity index (χ1) is 8.09. The Morgan fingerprint density at radius 1 is 1.53 bits per heavy atom. The number of nitrogens with zero attached hydrogens (tertiary/aromatic N) is 3. The summed E-state index contributed by atoms with van der Waals surface area (Å²) >= 11 is 3.02. The van der Waals surface area contributed by atoms with E-state index < -0.39 is 4.92 Å². The monoisotopic (exact) mass is 296 g/mol. The number of ether oxygens (including phenoxy) is 1. The number of benzene rings is 1. The lowest BCUT2D eigenvalue weighted by Crippen LogP contribution is -1.97. The van der Waals surface area contributed by atoms with Gasteiger partial charge in [0.05, 0.1) is 4.92 Å². The molecule has 1 radical (unpaired) electrons. The van der Waals surface area contributed by atoms with Crippen LogP contribution >= 0.6 is 15.9 Å². The highest BCUT2D eigenvalue weighted by molar-refractivity contribution is 9.10. The molecular weight excluding hydrogens is 290 g/mol. The molecule has 0 aliphatic rings. The number of hydrogen-bond donors (Lipinski definition) is 0. The van der Waals surface area contributed by atoms with Crippen LogP contribution in [0.1, 0.15) is 0 Å². The highest BCUT2D eigenvalue weighted by Gasteiger charge is 2.27. The molecule has 0 saturated carbocycles. The lowest BCUT2D eigenvalue weighted by molar-refractivity contribution is -0.386. The van der Waals surface area contributed by atoms with E-state index in [9.17, 15) is 10.1 Å². The third-order valence-electron chi connectivity index (χ3n) is 2.01. The average molecular weight is 297 g/mol. The maximum Gasteiger partial charge on any atom is 0.365 e. The smallest absolute Gasteiger partial charge is 0.365 e. The molecule has 0 aliphatic carbocycles. The number of aryl methyl sites for hydroxylation is 1. The molecular formula is C10H7BrN3O3. The van der Waals surface area contributed by atoms with E-state index in [1.54, 1.807) is 31.3 Å². The number of halogens is 1. The van der Waals surface area contributed by atoms with E-state index in [0.29, 0.717) is 5.75 Å². The molecule has 7 heteroatoms. The summed E-state index contributed by atoms with van der Waals surface area (Å²) in [5, 5.41) is 14.8. The second-order valence-corrected chi connectivity index (χ2v) is 3.91. The Balaban J connectivity index is 2.42. The topological polar surface area (TPSA) is 70.2 Å². The van der Waals surface area contributed by atoms with E-state index in [1.807, 2.05) is 0 Å². The predicted molar refractivity (Wildman–Crippen MR) is 62.9 cm³/mol. The fraction of sp³-hybridized carbons (Fsp3) is 0.100. The van der Waals surface area contributed by atoms with Gasteiger partial charge in [0.2, 0.25) is 4.60 Å². The Hall–Kier alpha value is -1.89. The van der Waals surface area contributed by atoms with Crippen molar-refractivity contribution in [2.24, 2.45) is 7.05 Å². The quantitative estimate of drug-likeness (QED) is 0.645. The fourth-order valence-electron chi connectivity index (χ4n) is 1.29. The molecule has 0 atom stereocenters. The van der Waals surface area contributed by atoms with Crippen LogP contribution < -0.4 is 4.74 Å². The number of rotatable bonds is 3. The van der Waals surface area contributed by atoms with E-state index in [2.05, 4.69) is 27.1 Å². The Labute approximate surface area is 105 Å². The number of hydrogen-bond acceptors (Lipinski definition) is 4. The molecule has 0 spiro atoms. The van der Waals surface area contributed by atoms with Gasteiger partial charge in [-0.25, -0.2) is 4.68 Å². The molecule has 0 unspecified atom stereocenters. The summed E-state index contributed by atoms with van der Waals surface area (Å²) in [7, 11) is 1.57. The number of aromatic nitrogens is 2. The van der Waals surface area contributed by atoms with Crippen molar-refractivity contribution < 1.29 is 9.66 Å². The molecule has 0 N–H and O–H groups in total. The molecule has 2 aromatic rings. The molecule has 0 amide bonds. The van der Waals surface area contributed by atoms with Crippen molar-refractivity contribution in [2.45, 2.75) is 0 Å². The molecule has 1 aromatic carbocycles. The van der Waals surface area contributed by atoms with E-state index >= 15 is 0 Å². The van der Waals surface area contributed by atoms with Gasteiger partial charge in [-0.05, 0) is 34.1 Å². The Kier molecular flexibility index (Phi) is 3.10. The minimum atomic E-state index is -0.540. The van der Waals surface area contributed by atoms with Crippen LogP contribution in [0.4, 0.5) is 5.69 Å². The van der Waals surface area contributed by atoms with Gasteiger partial charge >= 0.3 is 5.69 Å². The Morgan fingerprint density at radius 3 is 2.76 bits per heavy atom. The minimum absolute atomic E-state index is 0.0769. The first-order valence-electron chi connectivity index (χ1n) is 4.60. The second kappa shape index (κ2) is 4.54. The van der Waals surface area contributed by atoms with Gasteiger partial charge in [0.1, 0.15) is 5.75 Å². The standard InChI is InChI=1S/C10H7BrN3O3/c1-13-10(8(14(15)16)9(11)12-13)17-7-5-3-2-4-6-7/h3-6H,1H3. The van der Waals surface area contributed by atoms with Crippen molar-refractivity contribution >= 4 is 21.6 Å². The van der Waals surface area contributed by atoms with Gasteiger partial charge in [-0.1, -0.05) is 12.1 Å². The largest absolute Gasteiger partial charge is 0.434 e. The zero-order valence-corrected chi connectivity index (χ0v) is 10.3. The van der Waals surface area contributed by atoms with Crippen LogP contribution in [0.2, 0.25) is 0 Å². The highest BCUT2D eigenvalue weighted by atomic mass is 79.9. The lowest BCUT2D eigenvalue weighted by Gasteiger charge is -2.03. The van der Waals surface area contributed by atoms with Crippen molar-refractivity contribution in [1.82, 2.24) is 9.78 Å². The van der Waals surface area contributed by atoms with E-state index in [1.165, 1.54) is 4.68 Å². The number of nitro groups is 1. The molecule has 0 fully saturated rings. The molecule has 0 saturated heterocycles. The van der Waals surface area contributed by atoms with Crippen molar-refractivity contribution in [3.63, 3.8) is 0 Å². The lowest BCUT2D eigenvalue weighted by atomic mass is 10.3. The first-order valence-corrected chi connectivity index (χ1v) is 5.39. The fourth-order valence-corrected chi connectivity index (χ4v) is 1.84. The summed E-state index contributed by atoms with van der Waals surface area (Å²) in [4.78, 5) is 10.3. The molecule has 0 bridgehead atoms. The summed E-state index contributed by atoms with van der Waals surface area (Å²) in [5.41, 5.74) is -0.194. The summed E-state index contributed by atoms with van der Waals surface area (Å²) in [6.07, 6.45) is 0. The van der Waals surface area contributed by atoms with Crippen LogP contribution in [0, 0.1) is 16.2 Å². The van der Waals surface area contributed by atoms with Gasteiger partial charge in [-0.2, -0.15) is 5.10 Å². The summed E-state index contributed by atoms with van der Waals surface area (Å²) in [5.74, 6) is 0.565. The third kappa shape index (κ3) is 2.28. The summed E-state index contributed by atoms with van der Waals surface area (Å²) < 4.78 is 6.88. The van der Waals surface area contributed by atoms with Crippen LogP contribution in [-0.4, -0.2) is 14.7 Å². The van der Waals surface area contributed by atoms with Crippen LogP contribution in [0.3, 0.4) is 0 Å². The van der Waals surface area contributed by atoms with Crippen LogP contribution in [0.5, 0.6) is 11.6 Å². The normalized spacial score (nSPS) is 10.2. The van der Waals surface area contributed by atoms with Gasteiger partial charge in [0.25, 0.3) is 5.88 Å². The van der Waals surface area contributed by atoms with Crippen molar-refractivity contribution in [1.29, 1.82) is 0 Å². The molecule has 1 aromatic heterocycles. The zero-order chi connectivity index (χ0) is 12.4. The van der Waals surface area contributed by atoms with Crippen LogP contribution in [0.25, 0.3) is 0 Å². The van der Waals surface area contributed by atoms with Crippen LogP contribution in [0.15, 0.2) is 28.9 Å². The predicted octanol–water partition coefficient (Wildman–Crippen LogP) is 2.68. The van der Waals surface area contributed by atoms with E-state index in [-0.39, 0.29) is 16.2 Å². The molecule has 6 nitrogen and oxygen atoms in total. The van der Waals surface area contributed by atoms with Gasteiger partial charge in [-0.3, -0.25) is 10.1 Å². The molecule has 2 rings (SSSR count). The summed E-state index contributed by atoms with van der Waals surface area (Å²) in [6, 6.07) is 9.46. The van der Waals surface area contributed by atoms with Gasteiger partial charge in [-0.15, -0.1) is 0 Å². The van der Waals surface area contributed by atoms with Gasteiger partial charge in [0.15, 0.2) is 0 Å². The van der Waals surface area contributed by atoms with Gasteiger partial charge < -0.3 is 4.74 Å². The second-order valence-electron chi connectivity index (χ2n) is 3.16. The first kappa shape index (κ1) is 11.6. The highest BCUT2D eigenvalue weighted by Crippen LogP contribution is 2.36. The third-order valence-corrected chi connectivity index (χ3v) is 2.55. The Bertz CT molecular complexity index is 553. The van der Waals surface area contributed by atoms with Gasteiger partial charge in [0, 0.05) is 7.05 Å². The van der Waals surface area contributed by atoms with E-state index in [0.717, 1.165) is 0 Å². The average Bonchev–Trinajstić information content (AvgIpc) is 2.55. The van der Waals surface area contributed by atoms with E-state index in [4.69, 9.17) is 4.74 Å². The SMILES string of the molecule is Cn1nc(Br)c([N+](=O)[O-])c1Oc1cc[c]cc1. The molecule has 17 heavy (non-hydrogen) atoms. The molecule has 1 heterocycles. The molecule has 0 aliphatic heterocycles. The minimum Gasteiger partial charge on any atom is -0.434 e. The molecule has 87 valence electrons. The van der Waals surface area contributed by atoms with Crippen molar-refractivity contribution in [2.75, 3.05) is 0 Å². The maximum absolute atomic E-state index is 10.9. The Morgan fingerprint density at radius 2 is 2.18 bits per heavy atom. The summed E-state index contributed by atoms with van der Waals surface area (Å²) in [6.45, 7) is 0. The van der Waals surface area contributed by atoms with Crippen molar-refractivity contribution in [3.8, 4) is 11.6 Å². The van der Waals surface area contributed by atoms with Crippen molar-refractivity contribution in [3.05, 3.63) is 45.0 Å². The zero-order valence-electron chi connectivity index (χ0n) is 8.75. The van der Waals surface area contributed by atoms with Crippen LogP contribution in [-0.2, 0) is 7.05 Å².